The second-order valence-corrected chi connectivity index (χ2v) is 5.61. The summed E-state index contributed by atoms with van der Waals surface area (Å²) in [5, 5.41) is 9.47. The van der Waals surface area contributed by atoms with Gasteiger partial charge < -0.3 is 14.7 Å². The fourth-order valence-electron chi connectivity index (χ4n) is 2.64. The van der Waals surface area contributed by atoms with E-state index in [1.807, 2.05) is 20.8 Å². The molecule has 1 heterocycles. The van der Waals surface area contributed by atoms with Crippen molar-refractivity contribution in [2.24, 2.45) is 5.41 Å². The molecule has 110 valence electrons. The number of ether oxygens (including phenoxy) is 1. The highest BCUT2D eigenvalue weighted by Crippen LogP contribution is 2.35. The van der Waals surface area contributed by atoms with Gasteiger partial charge in [0.05, 0.1) is 11.5 Å². The van der Waals surface area contributed by atoms with Crippen molar-refractivity contribution in [3.8, 4) is 0 Å². The molecule has 0 aliphatic carbocycles. The van der Waals surface area contributed by atoms with Crippen molar-refractivity contribution in [3.05, 3.63) is 0 Å². The number of carboxylic acid groups (broad SMARTS) is 1. The van der Waals surface area contributed by atoms with Crippen LogP contribution in [0.5, 0.6) is 0 Å². The molecule has 1 saturated heterocycles. The first-order chi connectivity index (χ1) is 8.91. The van der Waals surface area contributed by atoms with Crippen LogP contribution in [0.15, 0.2) is 0 Å². The van der Waals surface area contributed by atoms with Crippen molar-refractivity contribution >= 4 is 11.9 Å². The van der Waals surface area contributed by atoms with Crippen LogP contribution in [0, 0.1) is 5.41 Å². The minimum Gasteiger partial charge on any atom is -0.481 e. The molecular weight excluding hydrogens is 246 g/mol. The molecule has 1 atom stereocenters. The largest absolute Gasteiger partial charge is 0.481 e. The van der Waals surface area contributed by atoms with Gasteiger partial charge in [-0.15, -0.1) is 0 Å². The van der Waals surface area contributed by atoms with Crippen LogP contribution in [0.3, 0.4) is 0 Å². The molecule has 0 saturated carbocycles. The molecule has 0 aromatic heterocycles. The van der Waals surface area contributed by atoms with Crippen molar-refractivity contribution in [1.82, 2.24) is 4.90 Å². The molecule has 1 aliphatic heterocycles. The summed E-state index contributed by atoms with van der Waals surface area (Å²) in [6.45, 7) is 6.73. The third-order valence-electron chi connectivity index (χ3n) is 3.65. The Morgan fingerprint density at radius 2 is 2.11 bits per heavy atom. The first kappa shape index (κ1) is 16.0. The Balaban J connectivity index is 2.66. The summed E-state index contributed by atoms with van der Waals surface area (Å²) in [5.74, 6) is -0.883. The van der Waals surface area contributed by atoms with E-state index in [2.05, 4.69) is 0 Å². The zero-order chi connectivity index (χ0) is 14.5. The lowest BCUT2D eigenvalue weighted by Gasteiger charge is -2.40. The predicted octanol–water partition coefficient (Wildman–Crippen LogP) is 1.90. The average Bonchev–Trinajstić information content (AvgIpc) is 2.36. The molecule has 0 spiro atoms. The Bertz CT molecular complexity index is 325. The van der Waals surface area contributed by atoms with E-state index in [0.717, 1.165) is 12.8 Å². The van der Waals surface area contributed by atoms with E-state index in [1.165, 1.54) is 0 Å². The number of hydrogen-bond acceptors (Lipinski definition) is 3. The summed E-state index contributed by atoms with van der Waals surface area (Å²) in [6.07, 6.45) is 2.85. The monoisotopic (exact) mass is 271 g/mol. The maximum Gasteiger partial charge on any atom is 0.311 e. The number of carbonyl (C=O) groups excluding carboxylic acids is 1. The molecule has 1 rings (SSSR count). The maximum absolute atomic E-state index is 12.0. The number of aliphatic carboxylic acids is 1. The van der Waals surface area contributed by atoms with E-state index in [-0.39, 0.29) is 18.6 Å². The van der Waals surface area contributed by atoms with Crippen molar-refractivity contribution < 1.29 is 19.4 Å². The zero-order valence-electron chi connectivity index (χ0n) is 12.1. The summed E-state index contributed by atoms with van der Waals surface area (Å²) < 4.78 is 5.31. The highest BCUT2D eigenvalue weighted by Gasteiger charge is 2.42. The summed E-state index contributed by atoms with van der Waals surface area (Å²) in [7, 11) is 0. The SMILES string of the molecule is CCCC1(C(=O)O)CCCN(C(=O)COC(C)C)C1. The van der Waals surface area contributed by atoms with Crippen LogP contribution < -0.4 is 0 Å². The van der Waals surface area contributed by atoms with Gasteiger partial charge >= 0.3 is 5.97 Å². The van der Waals surface area contributed by atoms with Gasteiger partial charge in [-0.25, -0.2) is 0 Å². The lowest BCUT2D eigenvalue weighted by Crippen LogP contribution is -2.50. The Labute approximate surface area is 114 Å². The number of hydrogen-bond donors (Lipinski definition) is 1. The molecule has 1 aliphatic rings. The summed E-state index contributed by atoms with van der Waals surface area (Å²) in [5.41, 5.74) is -0.763. The lowest BCUT2D eigenvalue weighted by atomic mass is 9.76. The number of likely N-dealkylation sites (tertiary alicyclic amines) is 1. The summed E-state index contributed by atoms with van der Waals surface area (Å²) in [6, 6.07) is 0. The highest BCUT2D eigenvalue weighted by atomic mass is 16.5. The smallest absolute Gasteiger partial charge is 0.311 e. The molecule has 0 aromatic rings. The number of rotatable bonds is 6. The van der Waals surface area contributed by atoms with Crippen molar-refractivity contribution in [1.29, 1.82) is 0 Å². The minimum atomic E-state index is -0.781. The first-order valence-electron chi connectivity index (χ1n) is 7.04. The normalized spacial score (nSPS) is 23.7. The Hall–Kier alpha value is -1.10. The molecular formula is C14H25NO4. The third kappa shape index (κ3) is 4.20. The number of carboxylic acids is 1. The Morgan fingerprint density at radius 3 is 2.63 bits per heavy atom. The lowest BCUT2D eigenvalue weighted by molar-refractivity contribution is -0.157. The molecule has 5 heteroatoms. The van der Waals surface area contributed by atoms with Crippen molar-refractivity contribution in [2.75, 3.05) is 19.7 Å². The third-order valence-corrected chi connectivity index (χ3v) is 3.65. The molecule has 5 nitrogen and oxygen atoms in total. The second-order valence-electron chi connectivity index (χ2n) is 5.61. The molecule has 1 unspecified atom stereocenters. The standard InChI is InChI=1S/C14H25NO4/c1-4-6-14(13(17)18)7-5-8-15(10-14)12(16)9-19-11(2)3/h11H,4-10H2,1-3H3,(H,17,18). The van der Waals surface area contributed by atoms with Crippen LogP contribution >= 0.6 is 0 Å². The van der Waals surface area contributed by atoms with Gasteiger partial charge in [0.1, 0.15) is 6.61 Å². The second kappa shape index (κ2) is 6.89. The molecule has 0 aromatic carbocycles. The molecule has 0 radical (unpaired) electrons. The Morgan fingerprint density at radius 1 is 1.42 bits per heavy atom. The van der Waals surface area contributed by atoms with Gasteiger partial charge in [-0.05, 0) is 33.1 Å². The average molecular weight is 271 g/mol. The summed E-state index contributed by atoms with van der Waals surface area (Å²) >= 11 is 0. The van der Waals surface area contributed by atoms with E-state index in [4.69, 9.17) is 4.74 Å². The van der Waals surface area contributed by atoms with Crippen LogP contribution in [0.2, 0.25) is 0 Å². The quantitative estimate of drug-likeness (QED) is 0.801. The van der Waals surface area contributed by atoms with E-state index in [1.54, 1.807) is 4.90 Å². The van der Waals surface area contributed by atoms with Gasteiger partial charge in [0.25, 0.3) is 0 Å². The molecule has 19 heavy (non-hydrogen) atoms. The topological polar surface area (TPSA) is 66.8 Å². The van der Waals surface area contributed by atoms with Gasteiger partial charge in [0, 0.05) is 13.1 Å². The Kier molecular flexibility index (Phi) is 5.79. The van der Waals surface area contributed by atoms with Crippen LogP contribution in [0.1, 0.15) is 46.5 Å². The number of nitrogens with zero attached hydrogens (tertiary/aromatic N) is 1. The fourth-order valence-corrected chi connectivity index (χ4v) is 2.64. The van der Waals surface area contributed by atoms with Crippen molar-refractivity contribution in [3.63, 3.8) is 0 Å². The van der Waals surface area contributed by atoms with Crippen molar-refractivity contribution in [2.45, 2.75) is 52.6 Å². The minimum absolute atomic E-state index is 0.00798. The molecule has 1 fully saturated rings. The number of amides is 1. The summed E-state index contributed by atoms with van der Waals surface area (Å²) in [4.78, 5) is 25.2. The van der Waals surface area contributed by atoms with Gasteiger partial charge in [-0.2, -0.15) is 0 Å². The van der Waals surface area contributed by atoms with Gasteiger partial charge in [-0.1, -0.05) is 13.3 Å². The van der Waals surface area contributed by atoms with Gasteiger partial charge in [-0.3, -0.25) is 9.59 Å². The fraction of sp³-hybridized carbons (Fsp3) is 0.857. The zero-order valence-corrected chi connectivity index (χ0v) is 12.1. The van der Waals surface area contributed by atoms with Crippen LogP contribution in [0.4, 0.5) is 0 Å². The molecule has 0 bridgehead atoms. The van der Waals surface area contributed by atoms with Crippen LogP contribution in [0.25, 0.3) is 0 Å². The van der Waals surface area contributed by atoms with Gasteiger partial charge in [0.15, 0.2) is 0 Å². The highest BCUT2D eigenvalue weighted by molar-refractivity contribution is 5.80. The number of piperidine rings is 1. The molecule has 1 amide bonds. The van der Waals surface area contributed by atoms with E-state index in [9.17, 15) is 14.7 Å². The molecule has 1 N–H and O–H groups in total. The van der Waals surface area contributed by atoms with E-state index < -0.39 is 11.4 Å². The van der Waals surface area contributed by atoms with E-state index in [0.29, 0.717) is 25.9 Å². The first-order valence-corrected chi connectivity index (χ1v) is 7.04. The van der Waals surface area contributed by atoms with E-state index >= 15 is 0 Å². The van der Waals surface area contributed by atoms with Crippen LogP contribution in [-0.4, -0.2) is 47.7 Å². The maximum atomic E-state index is 12.0. The predicted molar refractivity (Wildman–Crippen MR) is 71.9 cm³/mol. The van der Waals surface area contributed by atoms with Crippen LogP contribution in [-0.2, 0) is 14.3 Å². The number of carbonyl (C=O) groups is 2. The van der Waals surface area contributed by atoms with Gasteiger partial charge in [0.2, 0.25) is 5.91 Å².